The van der Waals surface area contributed by atoms with E-state index >= 15 is 0 Å². The van der Waals surface area contributed by atoms with Crippen LogP contribution in [0.4, 0.5) is 15.8 Å². The summed E-state index contributed by atoms with van der Waals surface area (Å²) in [6.45, 7) is 3.35. The number of nitrogens with one attached hydrogen (secondary N) is 1. The summed E-state index contributed by atoms with van der Waals surface area (Å²) < 4.78 is 50.0. The average Bonchev–Trinajstić information content (AvgIpc) is 2.80. The number of esters is 1. The zero-order chi connectivity index (χ0) is 24.2. The number of nitrogens with zero attached hydrogens (tertiary/aromatic N) is 2. The van der Waals surface area contributed by atoms with Crippen molar-refractivity contribution in [1.82, 2.24) is 4.31 Å². The Morgan fingerprint density at radius 2 is 1.76 bits per heavy atom. The molecule has 1 N–H and O–H groups in total. The van der Waals surface area contributed by atoms with Crippen molar-refractivity contribution < 1.29 is 31.9 Å². The van der Waals surface area contributed by atoms with Crippen LogP contribution >= 0.6 is 0 Å². The summed E-state index contributed by atoms with van der Waals surface area (Å²) in [5.41, 5.74) is 0.866. The molecule has 9 nitrogen and oxygen atoms in total. The Bertz CT molecular complexity index is 1120. The summed E-state index contributed by atoms with van der Waals surface area (Å²) in [4.78, 5) is 27.3. The lowest BCUT2D eigenvalue weighted by molar-refractivity contribution is -0.123. The Hall–Kier alpha value is -3.02. The first-order valence-electron chi connectivity index (χ1n) is 10.3. The number of rotatable bonds is 7. The van der Waals surface area contributed by atoms with Crippen LogP contribution in [0.1, 0.15) is 17.3 Å². The first kappa shape index (κ1) is 24.6. The Kier molecular flexibility index (Phi) is 7.67. The van der Waals surface area contributed by atoms with Gasteiger partial charge in [0.1, 0.15) is 5.82 Å². The van der Waals surface area contributed by atoms with Gasteiger partial charge in [-0.1, -0.05) is 0 Å². The molecule has 2 aromatic carbocycles. The third kappa shape index (κ3) is 5.86. The van der Waals surface area contributed by atoms with Crippen molar-refractivity contribution in [2.45, 2.75) is 17.9 Å². The Balaban J connectivity index is 1.85. The molecule has 0 bridgehead atoms. The van der Waals surface area contributed by atoms with E-state index in [2.05, 4.69) is 5.32 Å². The first-order valence-corrected chi connectivity index (χ1v) is 11.7. The molecule has 0 aliphatic carbocycles. The number of carbonyl (C=O) groups is 2. The Morgan fingerprint density at radius 3 is 2.36 bits per heavy atom. The van der Waals surface area contributed by atoms with Crippen LogP contribution in [-0.2, 0) is 24.3 Å². The monoisotopic (exact) mass is 479 g/mol. The molecule has 1 atom stereocenters. The number of ether oxygens (including phenoxy) is 2. The van der Waals surface area contributed by atoms with E-state index in [0.717, 1.165) is 4.31 Å². The number of halogens is 1. The van der Waals surface area contributed by atoms with Gasteiger partial charge in [0.05, 0.1) is 29.4 Å². The minimum absolute atomic E-state index is 0.0289. The molecule has 0 unspecified atom stereocenters. The highest BCUT2D eigenvalue weighted by Gasteiger charge is 2.27. The van der Waals surface area contributed by atoms with E-state index in [9.17, 15) is 22.4 Å². The normalized spacial score (nSPS) is 15.2. The Labute approximate surface area is 192 Å². The second-order valence-electron chi connectivity index (χ2n) is 7.61. The second-order valence-corrected chi connectivity index (χ2v) is 9.76. The summed E-state index contributed by atoms with van der Waals surface area (Å²) >= 11 is 0. The van der Waals surface area contributed by atoms with Crippen molar-refractivity contribution in [1.29, 1.82) is 0 Å². The highest BCUT2D eigenvalue weighted by Crippen LogP contribution is 2.27. The van der Waals surface area contributed by atoms with E-state index in [4.69, 9.17) is 9.47 Å². The van der Waals surface area contributed by atoms with Gasteiger partial charge in [0.2, 0.25) is 10.0 Å². The number of sulfonamides is 1. The van der Waals surface area contributed by atoms with E-state index in [1.807, 2.05) is 4.90 Å². The van der Waals surface area contributed by atoms with Gasteiger partial charge in [-0.25, -0.2) is 21.9 Å². The lowest BCUT2D eigenvalue weighted by Crippen LogP contribution is -2.37. The molecule has 1 fully saturated rings. The molecule has 0 saturated carbocycles. The molecule has 33 heavy (non-hydrogen) atoms. The molecule has 0 radical (unpaired) electrons. The predicted octanol–water partition coefficient (Wildman–Crippen LogP) is 2.10. The van der Waals surface area contributed by atoms with Crippen LogP contribution in [0.25, 0.3) is 0 Å². The number of benzene rings is 2. The molecule has 1 aliphatic rings. The standard InChI is InChI=1S/C22H26FN3O6S/c1-15(21(27)24-17-6-4-16(23)5-7-17)32-22(28)19-14-18(33(29,30)25(2)3)8-9-20(19)26-10-12-31-13-11-26/h4-9,14-15H,10-13H2,1-3H3,(H,24,27)/t15-/m0/s1. The number of morpholine rings is 1. The van der Waals surface area contributed by atoms with Crippen LogP contribution in [0.15, 0.2) is 47.4 Å². The van der Waals surface area contributed by atoms with Crippen molar-refractivity contribution in [2.24, 2.45) is 0 Å². The van der Waals surface area contributed by atoms with Gasteiger partial charge in [-0.3, -0.25) is 4.79 Å². The molecule has 1 aliphatic heterocycles. The van der Waals surface area contributed by atoms with E-state index < -0.39 is 33.8 Å². The topological polar surface area (TPSA) is 105 Å². The van der Waals surface area contributed by atoms with E-state index in [1.54, 1.807) is 6.07 Å². The Morgan fingerprint density at radius 1 is 1.12 bits per heavy atom. The van der Waals surface area contributed by atoms with E-state index in [1.165, 1.54) is 57.4 Å². The van der Waals surface area contributed by atoms with Crippen molar-refractivity contribution in [2.75, 3.05) is 50.6 Å². The number of amides is 1. The lowest BCUT2D eigenvalue weighted by atomic mass is 10.1. The van der Waals surface area contributed by atoms with Crippen molar-refractivity contribution in [3.8, 4) is 0 Å². The van der Waals surface area contributed by atoms with Crippen LogP contribution in [0.5, 0.6) is 0 Å². The minimum Gasteiger partial charge on any atom is -0.449 e. The molecule has 2 aromatic rings. The summed E-state index contributed by atoms with van der Waals surface area (Å²) in [5.74, 6) is -1.90. The summed E-state index contributed by atoms with van der Waals surface area (Å²) in [5, 5.41) is 2.54. The van der Waals surface area contributed by atoms with Crippen LogP contribution < -0.4 is 10.2 Å². The van der Waals surface area contributed by atoms with Gasteiger partial charge >= 0.3 is 5.97 Å². The maximum atomic E-state index is 13.1. The largest absolute Gasteiger partial charge is 0.449 e. The van der Waals surface area contributed by atoms with Crippen LogP contribution in [0.2, 0.25) is 0 Å². The average molecular weight is 480 g/mol. The zero-order valence-electron chi connectivity index (χ0n) is 18.6. The molecule has 3 rings (SSSR count). The number of hydrogen-bond donors (Lipinski definition) is 1. The van der Waals surface area contributed by atoms with Gasteiger partial charge in [0.25, 0.3) is 5.91 Å². The highest BCUT2D eigenvalue weighted by molar-refractivity contribution is 7.89. The van der Waals surface area contributed by atoms with Crippen molar-refractivity contribution >= 4 is 33.3 Å². The van der Waals surface area contributed by atoms with Crippen molar-refractivity contribution in [3.63, 3.8) is 0 Å². The smallest absolute Gasteiger partial charge is 0.341 e. The van der Waals surface area contributed by atoms with Crippen LogP contribution in [0.3, 0.4) is 0 Å². The minimum atomic E-state index is -3.80. The number of hydrogen-bond acceptors (Lipinski definition) is 7. The fourth-order valence-corrected chi connectivity index (χ4v) is 4.11. The SMILES string of the molecule is C[C@H](OC(=O)c1cc(S(=O)(=O)N(C)C)ccc1N1CCOCC1)C(=O)Nc1ccc(F)cc1. The predicted molar refractivity (Wildman–Crippen MR) is 120 cm³/mol. The molecule has 1 saturated heterocycles. The molecular formula is C22H26FN3O6S. The highest BCUT2D eigenvalue weighted by atomic mass is 32.2. The fraction of sp³-hybridized carbons (Fsp3) is 0.364. The number of carbonyl (C=O) groups excluding carboxylic acids is 2. The maximum absolute atomic E-state index is 13.1. The number of anilines is 2. The van der Waals surface area contributed by atoms with Gasteiger partial charge < -0.3 is 19.7 Å². The third-order valence-electron chi connectivity index (χ3n) is 5.08. The maximum Gasteiger partial charge on any atom is 0.341 e. The van der Waals surface area contributed by atoms with Crippen LogP contribution in [-0.4, -0.2) is 71.1 Å². The summed E-state index contributed by atoms with van der Waals surface area (Å²) in [6.07, 6.45) is -1.19. The molecule has 1 heterocycles. The second kappa shape index (κ2) is 10.3. The molecule has 0 spiro atoms. The van der Waals surface area contributed by atoms with Gasteiger partial charge in [-0.05, 0) is 49.4 Å². The third-order valence-corrected chi connectivity index (χ3v) is 6.89. The molecule has 0 aromatic heterocycles. The molecular weight excluding hydrogens is 453 g/mol. The quantitative estimate of drug-likeness (QED) is 0.607. The summed E-state index contributed by atoms with van der Waals surface area (Å²) in [6, 6.07) is 9.40. The van der Waals surface area contributed by atoms with Crippen molar-refractivity contribution in [3.05, 3.63) is 53.8 Å². The van der Waals surface area contributed by atoms with Gasteiger partial charge in [-0.2, -0.15) is 0 Å². The molecule has 178 valence electrons. The summed E-state index contributed by atoms with van der Waals surface area (Å²) in [7, 11) is -1.01. The molecule has 1 amide bonds. The van der Waals surface area contributed by atoms with Gasteiger partial charge in [0, 0.05) is 32.9 Å². The van der Waals surface area contributed by atoms with Crippen LogP contribution in [0, 0.1) is 5.82 Å². The van der Waals surface area contributed by atoms with E-state index in [0.29, 0.717) is 37.7 Å². The first-order chi connectivity index (χ1) is 15.6. The fourth-order valence-electron chi connectivity index (χ4n) is 3.18. The zero-order valence-corrected chi connectivity index (χ0v) is 19.4. The van der Waals surface area contributed by atoms with Gasteiger partial charge in [-0.15, -0.1) is 0 Å². The lowest BCUT2D eigenvalue weighted by Gasteiger charge is -2.30. The molecule has 11 heteroatoms. The van der Waals surface area contributed by atoms with E-state index in [-0.39, 0.29) is 10.5 Å². The van der Waals surface area contributed by atoms with Gasteiger partial charge in [0.15, 0.2) is 6.10 Å².